The van der Waals surface area contributed by atoms with Crippen molar-refractivity contribution in [1.29, 1.82) is 0 Å². The van der Waals surface area contributed by atoms with E-state index >= 15 is 0 Å². The molecule has 0 saturated carbocycles. The van der Waals surface area contributed by atoms with Crippen molar-refractivity contribution in [2.45, 2.75) is 12.5 Å². The monoisotopic (exact) mass is 191 g/mol. The summed E-state index contributed by atoms with van der Waals surface area (Å²) in [6, 6.07) is -1.32. The van der Waals surface area contributed by atoms with Gasteiger partial charge in [-0.15, -0.1) is 0 Å². The molecule has 0 amide bonds. The summed E-state index contributed by atoms with van der Waals surface area (Å²) in [6.07, 6.45) is -2.17. The van der Waals surface area contributed by atoms with Gasteiger partial charge in [-0.25, -0.2) is 9.59 Å². The Kier molecular flexibility index (Phi) is 4.45. The molecule has 0 aromatic carbocycles. The highest BCUT2D eigenvalue weighted by Crippen LogP contribution is 1.94. The predicted octanol–water partition coefficient (Wildman–Crippen LogP) is -0.902. The molecule has 0 bridgehead atoms. The lowest BCUT2D eigenvalue weighted by atomic mass is 10.2. The third-order valence-corrected chi connectivity index (χ3v) is 1.10. The first-order valence-corrected chi connectivity index (χ1v) is 3.24. The number of hydrogen-bond acceptors (Lipinski definition) is 6. The number of carbonyl (C=O) groups is 3. The van der Waals surface area contributed by atoms with E-state index in [2.05, 4.69) is 9.47 Å². The van der Waals surface area contributed by atoms with Crippen molar-refractivity contribution in [2.75, 3.05) is 7.11 Å². The first kappa shape index (κ1) is 11.4. The minimum Gasteiger partial charge on any atom is -0.469 e. The van der Waals surface area contributed by atoms with Crippen LogP contribution in [-0.4, -0.2) is 36.4 Å². The Balaban J connectivity index is 3.96. The van der Waals surface area contributed by atoms with Crippen molar-refractivity contribution in [3.63, 3.8) is 0 Å². The lowest BCUT2D eigenvalue weighted by Gasteiger charge is -2.06. The van der Waals surface area contributed by atoms with Crippen LogP contribution in [0.2, 0.25) is 0 Å². The molecule has 7 nitrogen and oxygen atoms in total. The van der Waals surface area contributed by atoms with E-state index in [-0.39, 0.29) is 0 Å². The van der Waals surface area contributed by atoms with Crippen LogP contribution in [0.5, 0.6) is 0 Å². The Bertz CT molecular complexity index is 225. The molecule has 0 radical (unpaired) electrons. The van der Waals surface area contributed by atoms with E-state index in [9.17, 15) is 14.4 Å². The lowest BCUT2D eigenvalue weighted by molar-refractivity contribution is -0.147. The highest BCUT2D eigenvalue weighted by atomic mass is 16.7. The second-order valence-corrected chi connectivity index (χ2v) is 2.07. The largest absolute Gasteiger partial charge is 0.513 e. The van der Waals surface area contributed by atoms with Gasteiger partial charge in [-0.3, -0.25) is 4.79 Å². The van der Waals surface area contributed by atoms with Crippen LogP contribution in [0.3, 0.4) is 0 Å². The quantitative estimate of drug-likeness (QED) is 0.438. The fourth-order valence-electron chi connectivity index (χ4n) is 0.508. The van der Waals surface area contributed by atoms with E-state index in [0.717, 1.165) is 7.11 Å². The fourth-order valence-corrected chi connectivity index (χ4v) is 0.508. The van der Waals surface area contributed by atoms with Gasteiger partial charge in [0.2, 0.25) is 0 Å². The molecule has 0 unspecified atom stereocenters. The number of carboxylic acid groups (broad SMARTS) is 1. The minimum absolute atomic E-state index is 0.414. The second kappa shape index (κ2) is 5.09. The number of carbonyl (C=O) groups excluding carboxylic acids is 2. The van der Waals surface area contributed by atoms with Crippen molar-refractivity contribution in [2.24, 2.45) is 5.73 Å². The molecule has 0 aromatic heterocycles. The van der Waals surface area contributed by atoms with Gasteiger partial charge in [0.25, 0.3) is 0 Å². The molecule has 7 heteroatoms. The van der Waals surface area contributed by atoms with Crippen LogP contribution in [-0.2, 0) is 19.1 Å². The van der Waals surface area contributed by atoms with E-state index in [1.54, 1.807) is 0 Å². The van der Waals surface area contributed by atoms with Crippen LogP contribution >= 0.6 is 0 Å². The van der Waals surface area contributed by atoms with Crippen LogP contribution in [0.1, 0.15) is 6.42 Å². The van der Waals surface area contributed by atoms with Gasteiger partial charge in [0.1, 0.15) is 6.04 Å². The van der Waals surface area contributed by atoms with Crippen LogP contribution in [0.4, 0.5) is 4.79 Å². The standard InChI is InChI=1S/C6H9NO6/c1-12-4(8)2-3(7)5(9)13-6(10)11/h3H,2,7H2,1H3,(H,10,11)/t3-/m0/s1. The molecule has 0 spiro atoms. The zero-order chi connectivity index (χ0) is 10.4. The molecule has 13 heavy (non-hydrogen) atoms. The Morgan fingerprint density at radius 3 is 2.38 bits per heavy atom. The van der Waals surface area contributed by atoms with Crippen molar-refractivity contribution >= 4 is 18.1 Å². The molecule has 0 aliphatic rings. The molecule has 0 fully saturated rings. The Morgan fingerprint density at radius 1 is 1.46 bits per heavy atom. The van der Waals surface area contributed by atoms with E-state index in [4.69, 9.17) is 10.8 Å². The van der Waals surface area contributed by atoms with Gasteiger partial charge in [0.05, 0.1) is 13.5 Å². The summed E-state index contributed by atoms with van der Waals surface area (Å²) < 4.78 is 7.90. The van der Waals surface area contributed by atoms with Gasteiger partial charge in [-0.1, -0.05) is 0 Å². The highest BCUT2D eigenvalue weighted by Gasteiger charge is 2.21. The predicted molar refractivity (Wildman–Crippen MR) is 38.7 cm³/mol. The molecule has 0 saturated heterocycles. The number of rotatable bonds is 3. The number of esters is 2. The molecule has 0 aliphatic carbocycles. The average Bonchev–Trinajstić information content (AvgIpc) is 2.02. The maximum absolute atomic E-state index is 10.7. The SMILES string of the molecule is COC(=O)C[C@H](N)C(=O)OC(=O)O. The third-order valence-electron chi connectivity index (χ3n) is 1.10. The molecular formula is C6H9NO6. The molecular weight excluding hydrogens is 182 g/mol. The highest BCUT2D eigenvalue weighted by molar-refractivity contribution is 5.88. The van der Waals surface area contributed by atoms with Crippen molar-refractivity contribution in [3.8, 4) is 0 Å². The maximum Gasteiger partial charge on any atom is 0.513 e. The summed E-state index contributed by atoms with van der Waals surface area (Å²) in [5.74, 6) is -1.90. The number of ether oxygens (including phenoxy) is 2. The van der Waals surface area contributed by atoms with Gasteiger partial charge in [0, 0.05) is 0 Å². The fraction of sp³-hybridized carbons (Fsp3) is 0.500. The number of nitrogens with two attached hydrogens (primary N) is 1. The summed E-state index contributed by atoms with van der Waals surface area (Å²) in [4.78, 5) is 31.1. The second-order valence-electron chi connectivity index (χ2n) is 2.07. The summed E-state index contributed by atoms with van der Waals surface area (Å²) in [5, 5.41) is 8.01. The maximum atomic E-state index is 10.7. The first-order valence-electron chi connectivity index (χ1n) is 3.24. The Labute approximate surface area is 73.4 Å². The Morgan fingerprint density at radius 2 is 2.00 bits per heavy atom. The van der Waals surface area contributed by atoms with Gasteiger partial charge in [-0.2, -0.15) is 0 Å². The zero-order valence-corrected chi connectivity index (χ0v) is 6.85. The molecule has 1 atom stereocenters. The van der Waals surface area contributed by atoms with E-state index in [1.807, 2.05) is 0 Å². The average molecular weight is 191 g/mol. The summed E-state index contributed by atoms with van der Waals surface area (Å²) in [7, 11) is 1.12. The first-order chi connectivity index (χ1) is 5.97. The van der Waals surface area contributed by atoms with Crippen molar-refractivity contribution in [1.82, 2.24) is 0 Å². The van der Waals surface area contributed by atoms with E-state index < -0.39 is 30.6 Å². The molecule has 74 valence electrons. The normalized spacial score (nSPS) is 11.5. The summed E-state index contributed by atoms with van der Waals surface area (Å²) >= 11 is 0. The number of methoxy groups -OCH3 is 1. The van der Waals surface area contributed by atoms with Gasteiger partial charge in [-0.05, 0) is 0 Å². The zero-order valence-electron chi connectivity index (χ0n) is 6.85. The van der Waals surface area contributed by atoms with Crippen LogP contribution in [0.15, 0.2) is 0 Å². The lowest BCUT2D eigenvalue weighted by Crippen LogP contribution is -2.35. The molecule has 0 aliphatic heterocycles. The van der Waals surface area contributed by atoms with Crippen molar-refractivity contribution < 1.29 is 29.0 Å². The van der Waals surface area contributed by atoms with Crippen LogP contribution < -0.4 is 5.73 Å². The summed E-state index contributed by atoms with van der Waals surface area (Å²) in [5.41, 5.74) is 5.10. The smallest absolute Gasteiger partial charge is 0.469 e. The van der Waals surface area contributed by atoms with Crippen LogP contribution in [0, 0.1) is 0 Å². The molecule has 3 N–H and O–H groups in total. The van der Waals surface area contributed by atoms with Gasteiger partial charge < -0.3 is 20.3 Å². The topological polar surface area (TPSA) is 116 Å². The van der Waals surface area contributed by atoms with Crippen molar-refractivity contribution in [3.05, 3.63) is 0 Å². The summed E-state index contributed by atoms with van der Waals surface area (Å²) in [6.45, 7) is 0. The molecule has 0 aromatic rings. The molecule has 0 rings (SSSR count). The van der Waals surface area contributed by atoms with E-state index in [1.165, 1.54) is 0 Å². The van der Waals surface area contributed by atoms with Gasteiger partial charge in [0.15, 0.2) is 0 Å². The molecule has 0 heterocycles. The van der Waals surface area contributed by atoms with E-state index in [0.29, 0.717) is 0 Å². The van der Waals surface area contributed by atoms with Crippen LogP contribution in [0.25, 0.3) is 0 Å². The third kappa shape index (κ3) is 4.75. The number of hydrogen-bond donors (Lipinski definition) is 2. The Hall–Kier alpha value is -1.63. The van der Waals surface area contributed by atoms with Gasteiger partial charge >= 0.3 is 18.1 Å². The minimum atomic E-state index is -1.76.